The molecule has 35 heavy (non-hydrogen) atoms. The molecule has 2 aliphatic heterocycles. The van der Waals surface area contributed by atoms with Crippen molar-refractivity contribution in [1.29, 1.82) is 0 Å². The van der Waals surface area contributed by atoms with Gasteiger partial charge in [0.25, 0.3) is 0 Å². The monoisotopic (exact) mass is 498 g/mol. The van der Waals surface area contributed by atoms with E-state index in [1.54, 1.807) is 17.0 Å². The highest BCUT2D eigenvalue weighted by atomic mass is 19.4. The van der Waals surface area contributed by atoms with Gasteiger partial charge in [-0.3, -0.25) is 9.80 Å². The van der Waals surface area contributed by atoms with Gasteiger partial charge in [-0.1, -0.05) is 18.2 Å². The van der Waals surface area contributed by atoms with Crippen molar-refractivity contribution < 1.29 is 35.9 Å². The zero-order valence-corrected chi connectivity index (χ0v) is 18.8. The molecule has 0 radical (unpaired) electrons. The number of ether oxygens (including phenoxy) is 1. The van der Waals surface area contributed by atoms with E-state index < -0.39 is 35.2 Å². The van der Waals surface area contributed by atoms with E-state index in [1.807, 2.05) is 23.1 Å². The number of para-hydroxylation sites is 1. The molecule has 3 aliphatic rings. The number of hydrogen-bond acceptors (Lipinski definition) is 3. The lowest BCUT2D eigenvalue weighted by Crippen LogP contribution is -2.46. The van der Waals surface area contributed by atoms with Crippen molar-refractivity contribution >= 4 is 11.8 Å². The van der Waals surface area contributed by atoms with E-state index in [2.05, 4.69) is 0 Å². The van der Waals surface area contributed by atoms with Crippen molar-refractivity contribution in [2.24, 2.45) is 0 Å². The Morgan fingerprint density at radius 2 is 1.60 bits per heavy atom. The van der Waals surface area contributed by atoms with Crippen LogP contribution in [0.1, 0.15) is 53.9 Å². The third kappa shape index (κ3) is 4.85. The Morgan fingerprint density at radius 3 is 2.17 bits per heavy atom. The van der Waals surface area contributed by atoms with Gasteiger partial charge in [-0.25, -0.2) is 4.79 Å². The molecule has 0 bridgehead atoms. The molecular weight excluding hydrogens is 474 g/mol. The summed E-state index contributed by atoms with van der Waals surface area (Å²) in [4.78, 5) is 15.9. The Morgan fingerprint density at radius 1 is 0.943 bits per heavy atom. The average Bonchev–Trinajstić information content (AvgIpc) is 3.58. The summed E-state index contributed by atoms with van der Waals surface area (Å²) in [5.41, 5.74) is -2.38. The lowest BCUT2D eigenvalue weighted by atomic mass is 9.89. The van der Waals surface area contributed by atoms with Crippen molar-refractivity contribution in [1.82, 2.24) is 4.90 Å². The van der Waals surface area contributed by atoms with E-state index in [0.29, 0.717) is 45.3 Å². The summed E-state index contributed by atoms with van der Waals surface area (Å²) in [5, 5.41) is 0. The first kappa shape index (κ1) is 24.0. The molecule has 0 aromatic heterocycles. The maximum Gasteiger partial charge on any atom is 0.416 e. The minimum Gasteiger partial charge on any atom is -0.441 e. The number of carbonyl (C=O) groups excluding carboxylic acids is 1. The number of carbonyl (C=O) groups is 1. The summed E-state index contributed by atoms with van der Waals surface area (Å²) in [7, 11) is 0. The fraction of sp³-hybridized carbons (Fsp3) is 0.480. The lowest BCUT2D eigenvalue weighted by Gasteiger charge is -2.38. The molecule has 1 aliphatic carbocycles. The third-order valence-electron chi connectivity index (χ3n) is 7.08. The SMILES string of the molecule is O=C1OC2(CCN(Cc3cc(C(F)(F)F)cc(C(F)(F)F)c3C3CC3)CC2)CN1c1ccccc1. The van der Waals surface area contributed by atoms with Crippen LogP contribution in [0, 0.1) is 0 Å². The van der Waals surface area contributed by atoms with E-state index in [4.69, 9.17) is 4.74 Å². The van der Waals surface area contributed by atoms with Gasteiger partial charge < -0.3 is 4.74 Å². The summed E-state index contributed by atoms with van der Waals surface area (Å²) >= 11 is 0. The van der Waals surface area contributed by atoms with E-state index in [9.17, 15) is 31.1 Å². The maximum absolute atomic E-state index is 13.7. The number of rotatable bonds is 4. The van der Waals surface area contributed by atoms with E-state index in [-0.39, 0.29) is 29.7 Å². The second kappa shape index (κ2) is 8.43. The Labute approximate surface area is 198 Å². The van der Waals surface area contributed by atoms with Gasteiger partial charge >= 0.3 is 18.4 Å². The summed E-state index contributed by atoms with van der Waals surface area (Å²) in [5.74, 6) is -0.366. The quantitative estimate of drug-likeness (QED) is 0.446. The highest BCUT2D eigenvalue weighted by molar-refractivity contribution is 5.90. The van der Waals surface area contributed by atoms with Gasteiger partial charge in [0.05, 0.1) is 17.7 Å². The minimum absolute atomic E-state index is 0.00617. The summed E-state index contributed by atoms with van der Waals surface area (Å²) in [6, 6.07) is 10.2. The van der Waals surface area contributed by atoms with Gasteiger partial charge in [-0.05, 0) is 54.2 Å². The second-order valence-electron chi connectivity index (χ2n) is 9.62. The molecule has 1 spiro atoms. The van der Waals surface area contributed by atoms with Crippen LogP contribution < -0.4 is 4.90 Å². The van der Waals surface area contributed by atoms with Crippen LogP contribution in [0.2, 0.25) is 0 Å². The second-order valence-corrected chi connectivity index (χ2v) is 9.62. The van der Waals surface area contributed by atoms with Crippen LogP contribution in [0.15, 0.2) is 42.5 Å². The molecule has 0 N–H and O–H groups in total. The van der Waals surface area contributed by atoms with Crippen molar-refractivity contribution in [3.8, 4) is 0 Å². The molecule has 2 heterocycles. The van der Waals surface area contributed by atoms with Gasteiger partial charge in [-0.15, -0.1) is 0 Å². The first-order valence-corrected chi connectivity index (χ1v) is 11.5. The van der Waals surface area contributed by atoms with Gasteiger partial charge in [0.15, 0.2) is 0 Å². The largest absolute Gasteiger partial charge is 0.441 e. The van der Waals surface area contributed by atoms with Gasteiger partial charge in [-0.2, -0.15) is 26.3 Å². The molecule has 1 saturated carbocycles. The Hall–Kier alpha value is -2.75. The number of alkyl halides is 6. The van der Waals surface area contributed by atoms with E-state index in [0.717, 1.165) is 11.8 Å². The van der Waals surface area contributed by atoms with Crippen LogP contribution >= 0.6 is 0 Å². The summed E-state index contributed by atoms with van der Waals surface area (Å²) in [6.07, 6.45) is -8.21. The normalized spacial score (nSPS) is 21.0. The molecule has 1 amide bonds. The Kier molecular flexibility index (Phi) is 5.77. The fourth-order valence-corrected chi connectivity index (χ4v) is 5.15. The summed E-state index contributed by atoms with van der Waals surface area (Å²) in [6.45, 7) is 1.15. The number of benzene rings is 2. The predicted molar refractivity (Wildman–Crippen MR) is 116 cm³/mol. The molecular formula is C25H24F6N2O2. The van der Waals surface area contributed by atoms with Crippen LogP contribution in [-0.2, 0) is 23.6 Å². The lowest BCUT2D eigenvalue weighted by molar-refractivity contribution is -0.143. The van der Waals surface area contributed by atoms with E-state index >= 15 is 0 Å². The predicted octanol–water partition coefficient (Wildman–Crippen LogP) is 6.59. The first-order valence-electron chi connectivity index (χ1n) is 11.5. The zero-order chi connectivity index (χ0) is 25.0. The zero-order valence-electron chi connectivity index (χ0n) is 18.8. The van der Waals surface area contributed by atoms with E-state index in [1.165, 1.54) is 0 Å². The number of hydrogen-bond donors (Lipinski definition) is 0. The molecule has 5 rings (SSSR count). The van der Waals surface area contributed by atoms with Gasteiger partial charge in [0.2, 0.25) is 0 Å². The van der Waals surface area contributed by atoms with Crippen molar-refractivity contribution in [2.75, 3.05) is 24.5 Å². The van der Waals surface area contributed by atoms with Crippen LogP contribution in [0.3, 0.4) is 0 Å². The average molecular weight is 498 g/mol. The molecule has 4 nitrogen and oxygen atoms in total. The highest BCUT2D eigenvalue weighted by Gasteiger charge is 2.48. The molecule has 2 aromatic carbocycles. The van der Waals surface area contributed by atoms with Crippen molar-refractivity contribution in [3.63, 3.8) is 0 Å². The van der Waals surface area contributed by atoms with Gasteiger partial charge in [0, 0.05) is 38.2 Å². The molecule has 10 heteroatoms. The van der Waals surface area contributed by atoms with Gasteiger partial charge in [0.1, 0.15) is 5.60 Å². The number of amides is 1. The molecule has 2 aromatic rings. The minimum atomic E-state index is -4.87. The Balaban J connectivity index is 1.35. The van der Waals surface area contributed by atoms with Crippen LogP contribution in [0.25, 0.3) is 0 Å². The molecule has 0 unspecified atom stereocenters. The van der Waals surface area contributed by atoms with Crippen LogP contribution in [0.5, 0.6) is 0 Å². The maximum atomic E-state index is 13.7. The number of anilines is 1. The standard InChI is InChI=1S/C25H24F6N2O2/c26-24(27,28)18-12-17(21(16-6-7-16)20(13-18)25(29,30)31)14-32-10-8-23(9-11-32)15-33(22(34)35-23)19-4-2-1-3-5-19/h1-5,12-13,16H,6-11,14-15H2. The van der Waals surface area contributed by atoms with Crippen LogP contribution in [-0.4, -0.2) is 36.2 Å². The number of nitrogens with zero attached hydrogens (tertiary/aromatic N) is 2. The number of piperidine rings is 1. The third-order valence-corrected chi connectivity index (χ3v) is 7.08. The molecule has 0 atom stereocenters. The van der Waals surface area contributed by atoms with Crippen LogP contribution in [0.4, 0.5) is 36.8 Å². The molecule has 2 saturated heterocycles. The molecule has 3 fully saturated rings. The topological polar surface area (TPSA) is 32.8 Å². The number of likely N-dealkylation sites (tertiary alicyclic amines) is 1. The highest BCUT2D eigenvalue weighted by Crippen LogP contribution is 2.49. The number of halogens is 6. The van der Waals surface area contributed by atoms with Crippen molar-refractivity contribution in [3.05, 3.63) is 64.7 Å². The summed E-state index contributed by atoms with van der Waals surface area (Å²) < 4.78 is 87.3. The first-order chi connectivity index (χ1) is 16.5. The van der Waals surface area contributed by atoms with Crippen molar-refractivity contribution in [2.45, 2.75) is 56.1 Å². The fourth-order valence-electron chi connectivity index (χ4n) is 5.15. The smallest absolute Gasteiger partial charge is 0.416 e. The molecule has 188 valence electrons. The Bertz CT molecular complexity index is 1100.